The first-order valence-electron chi connectivity index (χ1n) is 5.99. The van der Waals surface area contributed by atoms with Gasteiger partial charge < -0.3 is 10.6 Å². The van der Waals surface area contributed by atoms with Crippen molar-refractivity contribution in [1.29, 1.82) is 0 Å². The third-order valence-corrected chi connectivity index (χ3v) is 2.67. The van der Waals surface area contributed by atoms with E-state index in [4.69, 9.17) is 5.73 Å². The Hall–Kier alpha value is -1.87. The minimum absolute atomic E-state index is 0.0196. The van der Waals surface area contributed by atoms with Gasteiger partial charge in [-0.1, -0.05) is 42.5 Å². The van der Waals surface area contributed by atoms with Gasteiger partial charge in [0.05, 0.1) is 0 Å². The molecule has 96 valence electrons. The first-order chi connectivity index (χ1) is 8.69. The lowest BCUT2D eigenvalue weighted by molar-refractivity contribution is -0.130. The fraction of sp³-hybridized carbons (Fsp3) is 0.267. The van der Waals surface area contributed by atoms with E-state index in [0.29, 0.717) is 19.5 Å². The molecule has 1 aromatic rings. The molecule has 0 saturated carbocycles. The molecule has 0 saturated heterocycles. The Morgan fingerprint density at radius 1 is 1.22 bits per heavy atom. The van der Waals surface area contributed by atoms with Gasteiger partial charge in [0.15, 0.2) is 0 Å². The van der Waals surface area contributed by atoms with Crippen LogP contribution in [-0.2, 0) is 4.79 Å². The maximum atomic E-state index is 12.1. The highest BCUT2D eigenvalue weighted by molar-refractivity contribution is 5.77. The zero-order valence-electron chi connectivity index (χ0n) is 10.6. The summed E-state index contributed by atoms with van der Waals surface area (Å²) in [5.74, 6) is 0.0196. The quantitative estimate of drug-likeness (QED) is 0.748. The average molecular weight is 244 g/mol. The molecular weight excluding hydrogens is 224 g/mol. The number of hydrogen-bond donors (Lipinski definition) is 1. The molecule has 1 amide bonds. The average Bonchev–Trinajstić information content (AvgIpc) is 2.39. The molecule has 2 N–H and O–H groups in total. The number of rotatable bonds is 7. The van der Waals surface area contributed by atoms with Crippen LogP contribution in [0.5, 0.6) is 0 Å². The molecule has 3 nitrogen and oxygen atoms in total. The van der Waals surface area contributed by atoms with Crippen LogP contribution in [0.15, 0.2) is 55.6 Å². The molecule has 0 fully saturated rings. The summed E-state index contributed by atoms with van der Waals surface area (Å²) in [7, 11) is 0. The monoisotopic (exact) mass is 244 g/mol. The Balaban J connectivity index is 2.62. The third kappa shape index (κ3) is 4.18. The molecule has 0 aromatic heterocycles. The number of nitrogens with two attached hydrogens (primary N) is 1. The van der Waals surface area contributed by atoms with Gasteiger partial charge in [0.2, 0.25) is 5.91 Å². The molecule has 0 spiro atoms. The van der Waals surface area contributed by atoms with Crippen LogP contribution in [0, 0.1) is 0 Å². The lowest BCUT2D eigenvalue weighted by atomic mass is 10.0. The molecule has 0 radical (unpaired) electrons. The van der Waals surface area contributed by atoms with Crippen LogP contribution in [-0.4, -0.2) is 23.9 Å². The van der Waals surface area contributed by atoms with E-state index in [9.17, 15) is 4.79 Å². The zero-order valence-corrected chi connectivity index (χ0v) is 10.6. The summed E-state index contributed by atoms with van der Waals surface area (Å²) in [5, 5.41) is 0. The highest BCUT2D eigenvalue weighted by Gasteiger charge is 2.15. The molecule has 0 aliphatic carbocycles. The Bertz CT molecular complexity index is 390. The Morgan fingerprint density at radius 2 is 1.78 bits per heavy atom. The predicted octanol–water partition coefficient (Wildman–Crippen LogP) is 2.28. The molecule has 1 aromatic carbocycles. The van der Waals surface area contributed by atoms with Gasteiger partial charge in [-0.3, -0.25) is 4.79 Å². The van der Waals surface area contributed by atoms with E-state index < -0.39 is 0 Å². The molecule has 0 bridgehead atoms. The fourth-order valence-corrected chi connectivity index (χ4v) is 1.73. The van der Waals surface area contributed by atoms with Crippen molar-refractivity contribution in [3.8, 4) is 0 Å². The van der Waals surface area contributed by atoms with Crippen LogP contribution < -0.4 is 5.73 Å². The maximum Gasteiger partial charge on any atom is 0.225 e. The number of amides is 1. The number of hydrogen-bond acceptors (Lipinski definition) is 2. The van der Waals surface area contributed by atoms with Crippen LogP contribution >= 0.6 is 0 Å². The highest BCUT2D eigenvalue weighted by atomic mass is 16.2. The van der Waals surface area contributed by atoms with Crippen LogP contribution in [0.1, 0.15) is 18.0 Å². The lowest BCUT2D eigenvalue weighted by Gasteiger charge is -2.21. The first kappa shape index (κ1) is 14.2. The molecule has 0 aliphatic rings. The van der Waals surface area contributed by atoms with E-state index in [2.05, 4.69) is 13.2 Å². The van der Waals surface area contributed by atoms with Crippen molar-refractivity contribution in [3.05, 3.63) is 61.2 Å². The normalized spacial score (nSPS) is 11.6. The number of nitrogens with zero attached hydrogens (tertiary/aromatic N) is 1. The van der Waals surface area contributed by atoms with Crippen molar-refractivity contribution in [2.75, 3.05) is 13.1 Å². The fourth-order valence-electron chi connectivity index (χ4n) is 1.73. The second-order valence-corrected chi connectivity index (χ2v) is 4.10. The van der Waals surface area contributed by atoms with E-state index in [1.165, 1.54) is 0 Å². The summed E-state index contributed by atoms with van der Waals surface area (Å²) < 4.78 is 0. The maximum absolute atomic E-state index is 12.1. The van der Waals surface area contributed by atoms with E-state index in [0.717, 1.165) is 5.56 Å². The summed E-state index contributed by atoms with van der Waals surface area (Å²) in [5.41, 5.74) is 7.00. The Labute approximate surface area is 109 Å². The molecule has 1 rings (SSSR count). The second-order valence-electron chi connectivity index (χ2n) is 4.10. The number of carbonyl (C=O) groups excluding carboxylic acids is 1. The van der Waals surface area contributed by atoms with Crippen LogP contribution in [0.4, 0.5) is 0 Å². The predicted molar refractivity (Wildman–Crippen MR) is 75.0 cm³/mol. The molecule has 0 heterocycles. The van der Waals surface area contributed by atoms with Crippen molar-refractivity contribution in [1.82, 2.24) is 4.90 Å². The van der Waals surface area contributed by atoms with Gasteiger partial charge in [-0.25, -0.2) is 0 Å². The standard InChI is InChI=1S/C15H20N2O/c1-3-10-17(11-4-2)15(18)12-14(16)13-8-6-5-7-9-13/h3-9,14H,1-2,10-12,16H2. The van der Waals surface area contributed by atoms with E-state index in [1.807, 2.05) is 30.3 Å². The smallest absolute Gasteiger partial charge is 0.225 e. The Morgan fingerprint density at radius 3 is 2.28 bits per heavy atom. The largest absolute Gasteiger partial charge is 0.335 e. The minimum atomic E-state index is -0.268. The van der Waals surface area contributed by atoms with E-state index in [-0.39, 0.29) is 11.9 Å². The highest BCUT2D eigenvalue weighted by Crippen LogP contribution is 2.14. The topological polar surface area (TPSA) is 46.3 Å². The Kier molecular flexibility index (Phi) is 5.88. The van der Waals surface area contributed by atoms with Gasteiger partial charge in [-0.2, -0.15) is 0 Å². The van der Waals surface area contributed by atoms with Crippen LogP contribution in [0.2, 0.25) is 0 Å². The van der Waals surface area contributed by atoms with Crippen molar-refractivity contribution in [2.45, 2.75) is 12.5 Å². The summed E-state index contributed by atoms with van der Waals surface area (Å²) in [6.45, 7) is 8.33. The lowest BCUT2D eigenvalue weighted by Crippen LogP contribution is -2.33. The van der Waals surface area contributed by atoms with Gasteiger partial charge in [0.1, 0.15) is 0 Å². The van der Waals surface area contributed by atoms with Crippen molar-refractivity contribution in [3.63, 3.8) is 0 Å². The van der Waals surface area contributed by atoms with E-state index in [1.54, 1.807) is 17.1 Å². The van der Waals surface area contributed by atoms with Crippen LogP contribution in [0.25, 0.3) is 0 Å². The molecule has 1 unspecified atom stereocenters. The summed E-state index contributed by atoms with van der Waals surface area (Å²) >= 11 is 0. The van der Waals surface area contributed by atoms with Crippen LogP contribution in [0.3, 0.4) is 0 Å². The zero-order chi connectivity index (χ0) is 13.4. The molecule has 1 atom stereocenters. The van der Waals surface area contributed by atoms with Gasteiger partial charge in [-0.05, 0) is 5.56 Å². The summed E-state index contributed by atoms with van der Waals surface area (Å²) in [6, 6.07) is 9.37. The molecule has 3 heteroatoms. The SMILES string of the molecule is C=CCN(CC=C)C(=O)CC(N)c1ccccc1. The van der Waals surface area contributed by atoms with Crippen molar-refractivity contribution < 1.29 is 4.79 Å². The van der Waals surface area contributed by atoms with Crippen molar-refractivity contribution >= 4 is 5.91 Å². The van der Waals surface area contributed by atoms with Gasteiger partial charge in [0, 0.05) is 25.6 Å². The van der Waals surface area contributed by atoms with E-state index >= 15 is 0 Å². The van der Waals surface area contributed by atoms with Gasteiger partial charge in [-0.15, -0.1) is 13.2 Å². The second kappa shape index (κ2) is 7.45. The van der Waals surface area contributed by atoms with Gasteiger partial charge >= 0.3 is 0 Å². The van der Waals surface area contributed by atoms with Crippen molar-refractivity contribution in [2.24, 2.45) is 5.73 Å². The molecule has 18 heavy (non-hydrogen) atoms. The summed E-state index contributed by atoms with van der Waals surface area (Å²) in [4.78, 5) is 13.7. The molecular formula is C15H20N2O. The minimum Gasteiger partial charge on any atom is -0.335 e. The number of carbonyl (C=O) groups is 1. The number of benzene rings is 1. The third-order valence-electron chi connectivity index (χ3n) is 2.67. The summed E-state index contributed by atoms with van der Waals surface area (Å²) in [6.07, 6.45) is 3.70. The molecule has 0 aliphatic heterocycles. The first-order valence-corrected chi connectivity index (χ1v) is 5.99. The van der Waals surface area contributed by atoms with Gasteiger partial charge in [0.25, 0.3) is 0 Å².